The van der Waals surface area contributed by atoms with Gasteiger partial charge in [0.15, 0.2) is 0 Å². The van der Waals surface area contributed by atoms with E-state index >= 15 is 0 Å². The lowest BCUT2D eigenvalue weighted by atomic mass is 9.96. The quantitative estimate of drug-likeness (QED) is 0.652. The maximum absolute atomic E-state index is 11.9. The monoisotopic (exact) mass is 327 g/mol. The van der Waals surface area contributed by atoms with Gasteiger partial charge in [0.1, 0.15) is 11.4 Å². The van der Waals surface area contributed by atoms with E-state index in [4.69, 9.17) is 9.47 Å². The number of nitrogens with zero attached hydrogens (tertiary/aromatic N) is 1. The highest BCUT2D eigenvalue weighted by Crippen LogP contribution is 2.23. The van der Waals surface area contributed by atoms with Gasteiger partial charge in [0.25, 0.3) is 0 Å². The summed E-state index contributed by atoms with van der Waals surface area (Å²) < 4.78 is 10.2. The number of hydrogen-bond acceptors (Lipinski definition) is 5. The summed E-state index contributed by atoms with van der Waals surface area (Å²) in [6.45, 7) is 2.16. The van der Waals surface area contributed by atoms with Crippen LogP contribution in [0.3, 0.4) is 0 Å². The van der Waals surface area contributed by atoms with E-state index in [9.17, 15) is 4.79 Å². The molecule has 1 heterocycles. The van der Waals surface area contributed by atoms with Gasteiger partial charge in [-0.1, -0.05) is 0 Å². The molecule has 1 aliphatic rings. The van der Waals surface area contributed by atoms with Crippen LogP contribution >= 0.6 is 0 Å². The average molecular weight is 327 g/mol. The number of carbonyl (C=O) groups is 1. The van der Waals surface area contributed by atoms with Crippen LogP contribution in [-0.4, -0.2) is 30.4 Å². The topological polar surface area (TPSA) is 75.7 Å². The number of esters is 1. The van der Waals surface area contributed by atoms with E-state index in [-0.39, 0.29) is 5.97 Å². The molecule has 0 amide bonds. The molecule has 0 unspecified atom stereocenters. The van der Waals surface area contributed by atoms with Crippen LogP contribution < -0.4 is 10.2 Å². The molecule has 126 valence electrons. The fourth-order valence-electron chi connectivity index (χ4n) is 2.75. The number of aryl methyl sites for hydroxylation is 1. The molecule has 0 atom stereocenters. The third-order valence-corrected chi connectivity index (χ3v) is 3.95. The largest absolute Gasteiger partial charge is 0.497 e. The molecule has 0 fully saturated rings. The minimum Gasteiger partial charge on any atom is -0.497 e. The van der Waals surface area contributed by atoms with Gasteiger partial charge in [0.2, 0.25) is 0 Å². The van der Waals surface area contributed by atoms with Gasteiger partial charge in [-0.15, -0.1) is 0 Å². The van der Waals surface area contributed by atoms with E-state index < -0.39 is 0 Å². The summed E-state index contributed by atoms with van der Waals surface area (Å²) in [4.78, 5) is 15.0. The smallest absolute Gasteiger partial charge is 0.354 e. The highest BCUT2D eigenvalue weighted by atomic mass is 16.5. The second-order valence-electron chi connectivity index (χ2n) is 5.56. The summed E-state index contributed by atoms with van der Waals surface area (Å²) in [6, 6.07) is 9.44. The number of rotatable bonds is 5. The zero-order chi connectivity index (χ0) is 16.9. The molecule has 0 aliphatic heterocycles. The summed E-state index contributed by atoms with van der Waals surface area (Å²) in [5.74, 6) is 0.478. The lowest BCUT2D eigenvalue weighted by Crippen LogP contribution is -2.13. The number of benzene rings is 1. The van der Waals surface area contributed by atoms with Crippen molar-refractivity contribution in [2.75, 3.05) is 19.1 Å². The van der Waals surface area contributed by atoms with Gasteiger partial charge in [-0.05, 0) is 62.1 Å². The molecule has 1 aliphatic carbocycles. The first kappa shape index (κ1) is 16.1. The Labute approximate surface area is 140 Å². The average Bonchev–Trinajstić information content (AvgIpc) is 3.05. The van der Waals surface area contributed by atoms with Crippen molar-refractivity contribution in [3.8, 4) is 5.75 Å². The second kappa shape index (κ2) is 7.21. The number of H-pyrrole nitrogens is 1. The van der Waals surface area contributed by atoms with Crippen molar-refractivity contribution in [2.24, 2.45) is 5.10 Å². The van der Waals surface area contributed by atoms with Crippen LogP contribution in [0.15, 0.2) is 35.4 Å². The van der Waals surface area contributed by atoms with Gasteiger partial charge in [0, 0.05) is 0 Å². The molecule has 3 rings (SSSR count). The molecule has 0 saturated heterocycles. The van der Waals surface area contributed by atoms with Gasteiger partial charge in [0.05, 0.1) is 30.8 Å². The molecule has 0 spiro atoms. The van der Waals surface area contributed by atoms with Crippen LogP contribution in [0.2, 0.25) is 0 Å². The molecule has 0 radical (unpaired) electrons. The number of nitrogens with one attached hydrogen (secondary N) is 2. The standard InChI is InChI=1S/C18H21N3O3/c1-3-24-18(22)16-11-12-5-4-6-15(17(12)19-16)21-20-13-7-9-14(23-2)10-8-13/h7-11,19-20H,3-6H2,1-2H3/b21-15+. The van der Waals surface area contributed by atoms with Crippen LogP contribution in [-0.2, 0) is 11.2 Å². The second-order valence-corrected chi connectivity index (χ2v) is 5.56. The van der Waals surface area contributed by atoms with Crippen molar-refractivity contribution in [3.63, 3.8) is 0 Å². The van der Waals surface area contributed by atoms with Crippen molar-refractivity contribution >= 4 is 17.4 Å². The number of methoxy groups -OCH3 is 1. The molecule has 0 bridgehead atoms. The fraction of sp³-hybridized carbons (Fsp3) is 0.333. The van der Waals surface area contributed by atoms with E-state index in [1.807, 2.05) is 30.3 Å². The number of carbonyl (C=O) groups excluding carboxylic acids is 1. The molecule has 0 saturated carbocycles. The minimum atomic E-state index is -0.325. The molecule has 1 aromatic heterocycles. The van der Waals surface area contributed by atoms with Crippen LogP contribution in [0.4, 0.5) is 5.69 Å². The van der Waals surface area contributed by atoms with E-state index in [0.29, 0.717) is 12.3 Å². The Morgan fingerprint density at radius 3 is 2.79 bits per heavy atom. The number of ether oxygens (including phenoxy) is 2. The van der Waals surface area contributed by atoms with Crippen molar-refractivity contribution in [2.45, 2.75) is 26.2 Å². The maximum atomic E-state index is 11.9. The highest BCUT2D eigenvalue weighted by Gasteiger charge is 2.21. The first-order valence-corrected chi connectivity index (χ1v) is 8.07. The third kappa shape index (κ3) is 3.42. The Kier molecular flexibility index (Phi) is 4.84. The van der Waals surface area contributed by atoms with E-state index in [1.54, 1.807) is 14.0 Å². The van der Waals surface area contributed by atoms with Crippen molar-refractivity contribution in [1.29, 1.82) is 0 Å². The summed E-state index contributed by atoms with van der Waals surface area (Å²) in [5.41, 5.74) is 7.39. The molecule has 6 nitrogen and oxygen atoms in total. The Balaban J connectivity index is 1.79. The predicted molar refractivity (Wildman–Crippen MR) is 92.8 cm³/mol. The molecule has 2 aromatic rings. The van der Waals surface area contributed by atoms with Crippen LogP contribution in [0.5, 0.6) is 5.75 Å². The predicted octanol–water partition coefficient (Wildman–Crippen LogP) is 3.35. The first-order chi connectivity index (χ1) is 11.7. The molecule has 24 heavy (non-hydrogen) atoms. The van der Waals surface area contributed by atoms with E-state index in [1.165, 1.54) is 0 Å². The summed E-state index contributed by atoms with van der Waals surface area (Å²) in [6.07, 6.45) is 2.81. The number of aromatic amines is 1. The molecule has 6 heteroatoms. The number of anilines is 1. The Morgan fingerprint density at radius 2 is 2.08 bits per heavy atom. The maximum Gasteiger partial charge on any atom is 0.354 e. The van der Waals surface area contributed by atoms with Crippen molar-refractivity contribution < 1.29 is 14.3 Å². The summed E-state index contributed by atoms with van der Waals surface area (Å²) >= 11 is 0. The van der Waals surface area contributed by atoms with Crippen molar-refractivity contribution in [3.05, 3.63) is 47.3 Å². The fourth-order valence-corrected chi connectivity index (χ4v) is 2.75. The highest BCUT2D eigenvalue weighted by molar-refractivity contribution is 6.03. The van der Waals surface area contributed by atoms with Crippen molar-refractivity contribution in [1.82, 2.24) is 4.98 Å². The summed E-state index contributed by atoms with van der Waals surface area (Å²) in [7, 11) is 1.64. The molecular formula is C18H21N3O3. The van der Waals surface area contributed by atoms with Gasteiger partial charge >= 0.3 is 5.97 Å². The zero-order valence-electron chi connectivity index (χ0n) is 13.9. The normalized spacial score (nSPS) is 15.0. The Morgan fingerprint density at radius 1 is 1.29 bits per heavy atom. The lowest BCUT2D eigenvalue weighted by molar-refractivity contribution is 0.0520. The number of hydrogen-bond donors (Lipinski definition) is 2. The van der Waals surface area contributed by atoms with E-state index in [2.05, 4.69) is 15.5 Å². The minimum absolute atomic E-state index is 0.325. The van der Waals surface area contributed by atoms with Crippen LogP contribution in [0, 0.1) is 0 Å². The SMILES string of the molecule is CCOC(=O)c1cc2c([nH]1)/C(=N/Nc1ccc(OC)cc1)CCC2. The van der Waals surface area contributed by atoms with E-state index in [0.717, 1.165) is 47.7 Å². The first-order valence-electron chi connectivity index (χ1n) is 8.07. The van der Waals surface area contributed by atoms with Gasteiger partial charge < -0.3 is 14.5 Å². The van der Waals surface area contributed by atoms with Crippen LogP contribution in [0.25, 0.3) is 0 Å². The molecule has 2 N–H and O–H groups in total. The van der Waals surface area contributed by atoms with Gasteiger partial charge in [-0.3, -0.25) is 5.43 Å². The molecular weight excluding hydrogens is 306 g/mol. The van der Waals surface area contributed by atoms with Gasteiger partial charge in [-0.2, -0.15) is 5.10 Å². The third-order valence-electron chi connectivity index (χ3n) is 3.95. The Hall–Kier alpha value is -2.76. The summed E-state index contributed by atoms with van der Waals surface area (Å²) in [5, 5.41) is 4.51. The number of aromatic nitrogens is 1. The number of fused-ring (bicyclic) bond motifs is 1. The molecule has 1 aromatic carbocycles. The zero-order valence-corrected chi connectivity index (χ0v) is 13.9. The number of hydrazone groups is 1. The Bertz CT molecular complexity index is 747. The lowest BCUT2D eigenvalue weighted by Gasteiger charge is -2.14. The van der Waals surface area contributed by atoms with Crippen LogP contribution in [0.1, 0.15) is 41.5 Å². The van der Waals surface area contributed by atoms with Gasteiger partial charge in [-0.25, -0.2) is 4.79 Å².